The van der Waals surface area contributed by atoms with Gasteiger partial charge in [0.15, 0.2) is 0 Å². The summed E-state index contributed by atoms with van der Waals surface area (Å²) in [6.07, 6.45) is 3.52. The standard InChI is InChI=1S/C10H15IN4O/c1-10(2-4-12-5-3-10)15-8-7(11)9(16)14-6-13-8/h6,12H,2-5H2,1H3,(H2,13,14,15,16). The normalized spacial score (nSPS) is 19.4. The zero-order chi connectivity index (χ0) is 11.6. The average molecular weight is 334 g/mol. The number of hydrogen-bond acceptors (Lipinski definition) is 4. The van der Waals surface area contributed by atoms with Gasteiger partial charge in [-0.1, -0.05) is 0 Å². The third-order valence-corrected chi connectivity index (χ3v) is 3.92. The predicted octanol–water partition coefficient (Wildman–Crippen LogP) is 0.928. The molecule has 0 unspecified atom stereocenters. The summed E-state index contributed by atoms with van der Waals surface area (Å²) in [7, 11) is 0. The molecule has 0 radical (unpaired) electrons. The number of aromatic nitrogens is 2. The van der Waals surface area contributed by atoms with E-state index in [-0.39, 0.29) is 11.1 Å². The first-order valence-corrected chi connectivity index (χ1v) is 6.41. The van der Waals surface area contributed by atoms with Crippen LogP contribution in [0.1, 0.15) is 19.8 Å². The molecular formula is C10H15IN4O. The first-order valence-electron chi connectivity index (χ1n) is 5.33. The van der Waals surface area contributed by atoms with Crippen molar-refractivity contribution in [1.82, 2.24) is 15.3 Å². The minimum atomic E-state index is -0.0874. The molecule has 0 bridgehead atoms. The summed E-state index contributed by atoms with van der Waals surface area (Å²) < 4.78 is 0.625. The second-order valence-corrected chi connectivity index (χ2v) is 5.41. The molecule has 5 nitrogen and oxygen atoms in total. The lowest BCUT2D eigenvalue weighted by Gasteiger charge is -2.35. The van der Waals surface area contributed by atoms with E-state index in [0.29, 0.717) is 9.39 Å². The molecule has 16 heavy (non-hydrogen) atoms. The molecule has 1 aliphatic heterocycles. The Morgan fingerprint density at radius 2 is 2.19 bits per heavy atom. The van der Waals surface area contributed by atoms with Crippen LogP contribution in [0.2, 0.25) is 0 Å². The Hall–Kier alpha value is -0.630. The van der Waals surface area contributed by atoms with Crippen LogP contribution in [0.3, 0.4) is 0 Å². The maximum atomic E-state index is 11.4. The Labute approximate surface area is 108 Å². The zero-order valence-corrected chi connectivity index (χ0v) is 11.3. The Bertz CT molecular complexity index is 425. The van der Waals surface area contributed by atoms with Gasteiger partial charge in [-0.3, -0.25) is 4.79 Å². The van der Waals surface area contributed by atoms with Crippen LogP contribution in [0.25, 0.3) is 0 Å². The van der Waals surface area contributed by atoms with Crippen molar-refractivity contribution in [2.45, 2.75) is 25.3 Å². The van der Waals surface area contributed by atoms with Crippen molar-refractivity contribution in [3.8, 4) is 0 Å². The summed E-state index contributed by atoms with van der Waals surface area (Å²) >= 11 is 2.02. The summed E-state index contributed by atoms with van der Waals surface area (Å²) in [6.45, 7) is 4.18. The van der Waals surface area contributed by atoms with Crippen molar-refractivity contribution >= 4 is 28.4 Å². The molecular weight excluding hydrogens is 319 g/mol. The van der Waals surface area contributed by atoms with Crippen LogP contribution < -0.4 is 16.2 Å². The fourth-order valence-corrected chi connectivity index (χ4v) is 2.29. The summed E-state index contributed by atoms with van der Waals surface area (Å²) in [6, 6.07) is 0. The first-order chi connectivity index (χ1) is 7.61. The van der Waals surface area contributed by atoms with Crippen LogP contribution in [0, 0.1) is 3.57 Å². The number of nitrogens with one attached hydrogen (secondary N) is 3. The molecule has 0 saturated carbocycles. The van der Waals surface area contributed by atoms with E-state index in [1.165, 1.54) is 6.33 Å². The molecule has 0 atom stereocenters. The van der Waals surface area contributed by atoms with Crippen LogP contribution in [-0.2, 0) is 0 Å². The molecule has 1 aromatic heterocycles. The number of anilines is 1. The average Bonchev–Trinajstić information content (AvgIpc) is 2.26. The summed E-state index contributed by atoms with van der Waals surface area (Å²) in [5.41, 5.74) is -0.0537. The maximum absolute atomic E-state index is 11.4. The molecule has 3 N–H and O–H groups in total. The highest BCUT2D eigenvalue weighted by atomic mass is 127. The molecule has 0 aliphatic carbocycles. The maximum Gasteiger partial charge on any atom is 0.266 e. The van der Waals surface area contributed by atoms with Gasteiger partial charge in [0.1, 0.15) is 9.39 Å². The molecule has 1 aliphatic rings. The quantitative estimate of drug-likeness (QED) is 0.704. The van der Waals surface area contributed by atoms with Crippen LogP contribution >= 0.6 is 22.6 Å². The Morgan fingerprint density at radius 3 is 2.88 bits per heavy atom. The number of H-pyrrole nitrogens is 1. The van der Waals surface area contributed by atoms with E-state index in [1.807, 2.05) is 22.6 Å². The van der Waals surface area contributed by atoms with Crippen molar-refractivity contribution in [3.63, 3.8) is 0 Å². The first kappa shape index (κ1) is 11.8. The van der Waals surface area contributed by atoms with Crippen LogP contribution in [0.4, 0.5) is 5.82 Å². The van der Waals surface area contributed by atoms with E-state index in [9.17, 15) is 4.79 Å². The highest BCUT2D eigenvalue weighted by Gasteiger charge is 2.27. The summed E-state index contributed by atoms with van der Waals surface area (Å²) in [5.74, 6) is 0.689. The minimum Gasteiger partial charge on any atom is -0.364 e. The molecule has 2 rings (SSSR count). The van der Waals surface area contributed by atoms with Crippen molar-refractivity contribution in [3.05, 3.63) is 20.3 Å². The van der Waals surface area contributed by atoms with Gasteiger partial charge in [-0.05, 0) is 55.4 Å². The molecule has 0 spiro atoms. The Kier molecular flexibility index (Phi) is 3.48. The molecule has 88 valence electrons. The monoisotopic (exact) mass is 334 g/mol. The van der Waals surface area contributed by atoms with E-state index in [2.05, 4.69) is 27.5 Å². The highest BCUT2D eigenvalue weighted by molar-refractivity contribution is 14.1. The Balaban J connectivity index is 2.19. The molecule has 2 heterocycles. The Morgan fingerprint density at radius 1 is 1.50 bits per heavy atom. The van der Waals surface area contributed by atoms with Gasteiger partial charge in [-0.15, -0.1) is 0 Å². The number of aromatic amines is 1. The fraction of sp³-hybridized carbons (Fsp3) is 0.600. The van der Waals surface area contributed by atoms with Gasteiger partial charge in [0.25, 0.3) is 5.56 Å². The third-order valence-electron chi connectivity index (χ3n) is 2.92. The number of hydrogen-bond donors (Lipinski definition) is 3. The van der Waals surface area contributed by atoms with Gasteiger partial charge in [-0.25, -0.2) is 4.98 Å². The minimum absolute atomic E-state index is 0.0337. The van der Waals surface area contributed by atoms with Gasteiger partial charge in [0.2, 0.25) is 0 Å². The van der Waals surface area contributed by atoms with Crippen molar-refractivity contribution in [2.75, 3.05) is 18.4 Å². The van der Waals surface area contributed by atoms with E-state index in [4.69, 9.17) is 0 Å². The third kappa shape index (κ3) is 2.54. The molecule has 1 fully saturated rings. The van der Waals surface area contributed by atoms with Crippen molar-refractivity contribution < 1.29 is 0 Å². The number of nitrogens with zero attached hydrogens (tertiary/aromatic N) is 1. The van der Waals surface area contributed by atoms with E-state index in [0.717, 1.165) is 25.9 Å². The second-order valence-electron chi connectivity index (χ2n) is 4.33. The van der Waals surface area contributed by atoms with Crippen molar-refractivity contribution in [2.24, 2.45) is 0 Å². The van der Waals surface area contributed by atoms with Crippen LogP contribution in [0.15, 0.2) is 11.1 Å². The molecule has 1 aromatic rings. The molecule has 6 heteroatoms. The number of halogens is 1. The highest BCUT2D eigenvalue weighted by Crippen LogP contribution is 2.23. The van der Waals surface area contributed by atoms with Gasteiger partial charge < -0.3 is 15.6 Å². The largest absolute Gasteiger partial charge is 0.364 e. The summed E-state index contributed by atoms with van der Waals surface area (Å²) in [4.78, 5) is 18.2. The SMILES string of the molecule is CC1(Nc2nc[nH]c(=O)c2I)CCNCC1. The number of rotatable bonds is 2. The molecule has 0 amide bonds. The lowest BCUT2D eigenvalue weighted by atomic mass is 9.91. The fourth-order valence-electron chi connectivity index (χ4n) is 1.86. The van der Waals surface area contributed by atoms with Gasteiger partial charge in [-0.2, -0.15) is 0 Å². The lowest BCUT2D eigenvalue weighted by molar-refractivity contribution is 0.364. The number of piperidine rings is 1. The summed E-state index contributed by atoms with van der Waals surface area (Å²) in [5, 5.41) is 6.71. The van der Waals surface area contributed by atoms with Gasteiger partial charge in [0, 0.05) is 5.54 Å². The second kappa shape index (κ2) is 4.70. The van der Waals surface area contributed by atoms with E-state index in [1.54, 1.807) is 0 Å². The van der Waals surface area contributed by atoms with Crippen molar-refractivity contribution in [1.29, 1.82) is 0 Å². The van der Waals surface area contributed by atoms with Crippen LogP contribution in [-0.4, -0.2) is 28.6 Å². The zero-order valence-electron chi connectivity index (χ0n) is 9.14. The smallest absolute Gasteiger partial charge is 0.266 e. The van der Waals surface area contributed by atoms with Crippen LogP contribution in [0.5, 0.6) is 0 Å². The molecule has 1 saturated heterocycles. The van der Waals surface area contributed by atoms with E-state index >= 15 is 0 Å². The van der Waals surface area contributed by atoms with Gasteiger partial charge in [0.05, 0.1) is 6.33 Å². The lowest BCUT2D eigenvalue weighted by Crippen LogP contribution is -2.45. The topological polar surface area (TPSA) is 69.8 Å². The molecule has 0 aromatic carbocycles. The van der Waals surface area contributed by atoms with Gasteiger partial charge >= 0.3 is 0 Å². The van der Waals surface area contributed by atoms with E-state index < -0.39 is 0 Å². The predicted molar refractivity (Wildman–Crippen MR) is 71.7 cm³/mol.